The van der Waals surface area contributed by atoms with E-state index in [1.807, 2.05) is 0 Å². The van der Waals surface area contributed by atoms with E-state index in [2.05, 4.69) is 20.8 Å². The molecule has 0 aliphatic rings. The van der Waals surface area contributed by atoms with Crippen molar-refractivity contribution < 1.29 is 15.0 Å². The van der Waals surface area contributed by atoms with Gasteiger partial charge in [0.1, 0.15) is 0 Å². The van der Waals surface area contributed by atoms with Crippen molar-refractivity contribution in [3.8, 4) is 0 Å². The molecular weight excluding hydrogens is 350 g/mol. The summed E-state index contributed by atoms with van der Waals surface area (Å²) >= 11 is 0. The highest BCUT2D eigenvalue weighted by molar-refractivity contribution is 5.66. The minimum Gasteiger partial charge on any atom is -0.481 e. The van der Waals surface area contributed by atoms with Crippen molar-refractivity contribution in [2.45, 2.75) is 136 Å². The normalized spacial score (nSPS) is 9.89. The first-order chi connectivity index (χ1) is 13.6. The molecule has 0 unspecified atom stereocenters. The summed E-state index contributed by atoms with van der Waals surface area (Å²) in [4.78, 5) is 10.3. The number of unbranched alkanes of at least 4 members (excludes halogenated alkanes) is 15. The van der Waals surface area contributed by atoms with E-state index < -0.39 is 5.97 Å². The molecule has 28 heavy (non-hydrogen) atoms. The van der Waals surface area contributed by atoms with Crippen molar-refractivity contribution in [3.05, 3.63) is 0 Å². The molecule has 0 bridgehead atoms. The van der Waals surface area contributed by atoms with Crippen molar-refractivity contribution in [2.24, 2.45) is 5.73 Å². The molecule has 0 fully saturated rings. The molecule has 4 heteroatoms. The molecule has 0 radical (unpaired) electrons. The van der Waals surface area contributed by atoms with E-state index in [9.17, 15) is 4.79 Å². The van der Waals surface area contributed by atoms with Crippen molar-refractivity contribution in [1.29, 1.82) is 0 Å². The largest absolute Gasteiger partial charge is 0.481 e. The maximum atomic E-state index is 10.3. The molecule has 0 aromatic heterocycles. The Kier molecular flexibility index (Phi) is 38.9. The van der Waals surface area contributed by atoms with E-state index in [0.29, 0.717) is 13.0 Å². The number of carboxylic acids is 1. The van der Waals surface area contributed by atoms with E-state index >= 15 is 0 Å². The molecular formula is C24H53NO3. The van der Waals surface area contributed by atoms with Gasteiger partial charge >= 0.3 is 5.97 Å². The topological polar surface area (TPSA) is 83.5 Å². The summed E-state index contributed by atoms with van der Waals surface area (Å²) < 4.78 is 0. The lowest BCUT2D eigenvalue weighted by Crippen LogP contribution is -2.02. The molecule has 0 spiro atoms. The third kappa shape index (κ3) is 44.7. The summed E-state index contributed by atoms with van der Waals surface area (Å²) in [5.41, 5.74) is 4.78. The van der Waals surface area contributed by atoms with Gasteiger partial charge in [-0.25, -0.2) is 0 Å². The number of aliphatic hydroxyl groups is 1. The van der Waals surface area contributed by atoms with Gasteiger partial charge < -0.3 is 15.9 Å². The van der Waals surface area contributed by atoms with E-state index in [1.165, 1.54) is 96.3 Å². The Balaban J connectivity index is -0.000000656. The highest BCUT2D eigenvalue weighted by atomic mass is 16.4. The molecule has 4 nitrogen and oxygen atoms in total. The Morgan fingerprint density at radius 1 is 0.607 bits per heavy atom. The number of aliphatic hydroxyl groups excluding tert-OH is 1. The molecule has 0 aliphatic heterocycles. The zero-order valence-corrected chi connectivity index (χ0v) is 19.5. The molecule has 0 rings (SSSR count). The number of carboxylic acid groups (broad SMARTS) is 1. The van der Waals surface area contributed by atoms with Gasteiger partial charge in [-0.1, -0.05) is 124 Å². The van der Waals surface area contributed by atoms with Crippen LogP contribution in [0.1, 0.15) is 136 Å². The van der Waals surface area contributed by atoms with Gasteiger partial charge in [0.2, 0.25) is 0 Å². The molecule has 0 heterocycles. The molecule has 0 atom stereocenters. The zero-order valence-electron chi connectivity index (χ0n) is 19.5. The summed E-state index contributed by atoms with van der Waals surface area (Å²) in [5, 5.41) is 16.3. The lowest BCUT2D eigenvalue weighted by atomic mass is 10.0. The SMILES string of the molecule is CCCC.CCCCCCCCCCCCCCCCCC(=O)O.NCCO. The summed E-state index contributed by atoms with van der Waals surface area (Å²) in [6.07, 6.45) is 22.8. The van der Waals surface area contributed by atoms with Gasteiger partial charge in [-0.15, -0.1) is 0 Å². The van der Waals surface area contributed by atoms with Crippen molar-refractivity contribution in [2.75, 3.05) is 13.2 Å². The molecule has 0 saturated heterocycles. The molecule has 0 saturated carbocycles. The average molecular weight is 404 g/mol. The highest BCUT2D eigenvalue weighted by Crippen LogP contribution is 2.13. The summed E-state index contributed by atoms with van der Waals surface area (Å²) in [6, 6.07) is 0. The Morgan fingerprint density at radius 3 is 1.11 bits per heavy atom. The second kappa shape index (κ2) is 33.9. The number of aliphatic carboxylic acids is 1. The molecule has 0 aliphatic carbocycles. The predicted molar refractivity (Wildman–Crippen MR) is 124 cm³/mol. The zero-order chi connectivity index (χ0) is 21.7. The fraction of sp³-hybridized carbons (Fsp3) is 0.958. The molecule has 0 aromatic carbocycles. The quantitative estimate of drug-likeness (QED) is 0.214. The third-order valence-corrected chi connectivity index (χ3v) is 4.62. The van der Waals surface area contributed by atoms with E-state index in [1.54, 1.807) is 0 Å². The van der Waals surface area contributed by atoms with Crippen LogP contribution >= 0.6 is 0 Å². The second-order valence-corrected chi connectivity index (χ2v) is 7.61. The maximum Gasteiger partial charge on any atom is 0.303 e. The van der Waals surface area contributed by atoms with Gasteiger partial charge in [-0.05, 0) is 6.42 Å². The van der Waals surface area contributed by atoms with Gasteiger partial charge in [0.25, 0.3) is 0 Å². The van der Waals surface area contributed by atoms with Crippen LogP contribution in [0.25, 0.3) is 0 Å². The number of nitrogens with two attached hydrogens (primary N) is 1. The van der Waals surface area contributed by atoms with Crippen molar-refractivity contribution in [1.82, 2.24) is 0 Å². The smallest absolute Gasteiger partial charge is 0.303 e. The summed E-state index contributed by atoms with van der Waals surface area (Å²) in [7, 11) is 0. The number of rotatable bonds is 18. The first-order valence-electron chi connectivity index (χ1n) is 12.1. The number of hydrogen-bond acceptors (Lipinski definition) is 3. The van der Waals surface area contributed by atoms with Crippen LogP contribution in [0, 0.1) is 0 Å². The van der Waals surface area contributed by atoms with Crippen LogP contribution in [-0.2, 0) is 4.79 Å². The monoisotopic (exact) mass is 403 g/mol. The Hall–Kier alpha value is -0.610. The molecule has 4 N–H and O–H groups in total. The van der Waals surface area contributed by atoms with Crippen LogP contribution in [0.4, 0.5) is 0 Å². The minimum atomic E-state index is -0.653. The van der Waals surface area contributed by atoms with E-state index in [-0.39, 0.29) is 6.61 Å². The van der Waals surface area contributed by atoms with Crippen LogP contribution in [0.5, 0.6) is 0 Å². The second-order valence-electron chi connectivity index (χ2n) is 7.61. The first kappa shape index (κ1) is 32.1. The lowest BCUT2D eigenvalue weighted by molar-refractivity contribution is -0.137. The third-order valence-electron chi connectivity index (χ3n) is 4.62. The summed E-state index contributed by atoms with van der Waals surface area (Å²) in [6.45, 7) is 7.10. The van der Waals surface area contributed by atoms with Gasteiger partial charge in [-0.3, -0.25) is 4.79 Å². The van der Waals surface area contributed by atoms with Crippen molar-refractivity contribution in [3.63, 3.8) is 0 Å². The number of carbonyl (C=O) groups is 1. The van der Waals surface area contributed by atoms with Crippen LogP contribution in [0.3, 0.4) is 0 Å². The van der Waals surface area contributed by atoms with Crippen LogP contribution in [-0.4, -0.2) is 29.3 Å². The fourth-order valence-corrected chi connectivity index (χ4v) is 2.65. The molecule has 172 valence electrons. The maximum absolute atomic E-state index is 10.3. The Bertz CT molecular complexity index is 252. The van der Waals surface area contributed by atoms with Crippen LogP contribution in [0.15, 0.2) is 0 Å². The summed E-state index contributed by atoms with van der Waals surface area (Å²) in [5.74, 6) is -0.653. The van der Waals surface area contributed by atoms with E-state index in [4.69, 9.17) is 15.9 Å². The predicted octanol–water partition coefficient (Wildman–Crippen LogP) is 7.08. The van der Waals surface area contributed by atoms with Gasteiger partial charge in [0.05, 0.1) is 6.61 Å². The van der Waals surface area contributed by atoms with Crippen LogP contribution < -0.4 is 5.73 Å². The molecule has 0 aromatic rings. The van der Waals surface area contributed by atoms with Crippen molar-refractivity contribution >= 4 is 5.97 Å². The Labute approximate surface area is 176 Å². The number of hydrogen-bond donors (Lipinski definition) is 3. The average Bonchev–Trinajstić information content (AvgIpc) is 2.71. The highest BCUT2D eigenvalue weighted by Gasteiger charge is 1.97. The lowest BCUT2D eigenvalue weighted by Gasteiger charge is -2.03. The standard InChI is InChI=1S/C18H36O2.C4H10.C2H7NO/c1-2-3-4-5-6-7-8-9-10-11-12-13-14-15-16-17-18(19)20;1-3-4-2;3-1-2-4/h2-17H2,1H3,(H,19,20);3-4H2,1-2H3;4H,1-3H2. The van der Waals surface area contributed by atoms with Gasteiger partial charge in [0.15, 0.2) is 0 Å². The van der Waals surface area contributed by atoms with Gasteiger partial charge in [-0.2, -0.15) is 0 Å². The Morgan fingerprint density at radius 2 is 0.893 bits per heavy atom. The fourth-order valence-electron chi connectivity index (χ4n) is 2.65. The van der Waals surface area contributed by atoms with E-state index in [0.717, 1.165) is 12.8 Å². The first-order valence-corrected chi connectivity index (χ1v) is 12.1. The van der Waals surface area contributed by atoms with Crippen LogP contribution in [0.2, 0.25) is 0 Å². The van der Waals surface area contributed by atoms with Gasteiger partial charge in [0, 0.05) is 13.0 Å². The minimum absolute atomic E-state index is 0.0972. The molecule has 0 amide bonds.